The number of rotatable bonds is 11. The molecular formula is C17H42N2O3. The van der Waals surface area contributed by atoms with Crippen molar-refractivity contribution >= 4 is 5.91 Å². The maximum atomic E-state index is 11.0. The molecule has 0 aromatic rings. The summed E-state index contributed by atoms with van der Waals surface area (Å²) in [6, 6.07) is 0. The number of carbonyl (C=O) groups is 1. The van der Waals surface area contributed by atoms with Gasteiger partial charge in [-0.15, -0.1) is 0 Å². The standard InChI is InChI=1S/C11H24N2O3.3C2H6/c1-12-6-4-3-5-8-16-9-7-13-11(14)10-15-2;3*1-2/h12H,3-10H2,1-2H3,(H,13,14);3*1-2H3. The van der Waals surface area contributed by atoms with Crippen molar-refractivity contribution in [2.24, 2.45) is 0 Å². The summed E-state index contributed by atoms with van der Waals surface area (Å²) >= 11 is 0. The van der Waals surface area contributed by atoms with E-state index in [0.717, 1.165) is 19.6 Å². The number of nitrogens with one attached hydrogen (secondary N) is 2. The Morgan fingerprint density at radius 3 is 1.95 bits per heavy atom. The Balaban J connectivity index is -0.000000238. The van der Waals surface area contributed by atoms with Gasteiger partial charge in [0.25, 0.3) is 0 Å². The van der Waals surface area contributed by atoms with Gasteiger partial charge in [0.2, 0.25) is 5.91 Å². The molecule has 5 nitrogen and oxygen atoms in total. The Morgan fingerprint density at radius 1 is 0.864 bits per heavy atom. The molecule has 0 unspecified atom stereocenters. The minimum absolute atomic E-state index is 0.0971. The molecular weight excluding hydrogens is 280 g/mol. The van der Waals surface area contributed by atoms with Crippen LogP contribution < -0.4 is 10.6 Å². The second-order valence-electron chi connectivity index (χ2n) is 3.56. The van der Waals surface area contributed by atoms with E-state index >= 15 is 0 Å². The van der Waals surface area contributed by atoms with Crippen LogP contribution in [0.4, 0.5) is 0 Å². The summed E-state index contributed by atoms with van der Waals surface area (Å²) in [5, 5.41) is 5.80. The molecule has 0 heterocycles. The molecule has 0 aliphatic rings. The van der Waals surface area contributed by atoms with Crippen molar-refractivity contribution in [2.75, 3.05) is 47.1 Å². The fourth-order valence-electron chi connectivity index (χ4n) is 1.23. The molecule has 138 valence electrons. The third-order valence-corrected chi connectivity index (χ3v) is 2.06. The lowest BCUT2D eigenvalue weighted by molar-refractivity contribution is -0.124. The van der Waals surface area contributed by atoms with Crippen LogP contribution in [-0.2, 0) is 14.3 Å². The molecule has 22 heavy (non-hydrogen) atoms. The first-order valence-electron chi connectivity index (χ1n) is 8.79. The maximum Gasteiger partial charge on any atom is 0.246 e. The van der Waals surface area contributed by atoms with E-state index < -0.39 is 0 Å². The van der Waals surface area contributed by atoms with Crippen molar-refractivity contribution in [1.82, 2.24) is 10.6 Å². The smallest absolute Gasteiger partial charge is 0.246 e. The maximum absolute atomic E-state index is 11.0. The van der Waals surface area contributed by atoms with Crippen molar-refractivity contribution in [2.45, 2.75) is 60.8 Å². The van der Waals surface area contributed by atoms with Crippen molar-refractivity contribution < 1.29 is 14.3 Å². The number of ether oxygens (including phenoxy) is 2. The van der Waals surface area contributed by atoms with E-state index in [1.807, 2.05) is 48.6 Å². The van der Waals surface area contributed by atoms with Crippen LogP contribution in [0.15, 0.2) is 0 Å². The Morgan fingerprint density at radius 2 is 1.45 bits per heavy atom. The number of hydrogen-bond donors (Lipinski definition) is 2. The van der Waals surface area contributed by atoms with Crippen LogP contribution in [0.3, 0.4) is 0 Å². The largest absolute Gasteiger partial charge is 0.380 e. The van der Waals surface area contributed by atoms with E-state index in [9.17, 15) is 4.79 Å². The quantitative estimate of drug-likeness (QED) is 0.573. The van der Waals surface area contributed by atoms with Gasteiger partial charge in [0, 0.05) is 20.3 Å². The summed E-state index contributed by atoms with van der Waals surface area (Å²) in [5.41, 5.74) is 0. The molecule has 0 fully saturated rings. The molecule has 0 aliphatic carbocycles. The van der Waals surface area contributed by atoms with Gasteiger partial charge in [-0.2, -0.15) is 0 Å². The summed E-state index contributed by atoms with van der Waals surface area (Å²) < 4.78 is 10.0. The minimum atomic E-state index is -0.0971. The van der Waals surface area contributed by atoms with Gasteiger partial charge in [-0.05, 0) is 32.9 Å². The third kappa shape index (κ3) is 36.6. The van der Waals surface area contributed by atoms with Crippen LogP contribution in [0.5, 0.6) is 0 Å². The molecule has 0 rings (SSSR count). The SMILES string of the molecule is CC.CC.CC.CNCCCCCOCCNC(=O)COC. The fraction of sp³-hybridized carbons (Fsp3) is 0.941. The Bertz CT molecular complexity index is 168. The number of methoxy groups -OCH3 is 1. The molecule has 0 aromatic carbocycles. The molecule has 5 heteroatoms. The number of hydrogen-bond acceptors (Lipinski definition) is 4. The Hall–Kier alpha value is -0.650. The zero-order chi connectivity index (χ0) is 18.1. The van der Waals surface area contributed by atoms with E-state index in [-0.39, 0.29) is 12.5 Å². The van der Waals surface area contributed by atoms with Crippen LogP contribution >= 0.6 is 0 Å². The van der Waals surface area contributed by atoms with Gasteiger partial charge in [0.05, 0.1) is 6.61 Å². The second-order valence-corrected chi connectivity index (χ2v) is 3.56. The zero-order valence-electron chi connectivity index (χ0n) is 16.4. The lowest BCUT2D eigenvalue weighted by Gasteiger charge is -2.06. The van der Waals surface area contributed by atoms with E-state index in [1.54, 1.807) is 0 Å². The van der Waals surface area contributed by atoms with Gasteiger partial charge in [-0.3, -0.25) is 4.79 Å². The molecule has 1 amide bonds. The minimum Gasteiger partial charge on any atom is -0.380 e. The first kappa shape index (κ1) is 29.4. The molecule has 0 aliphatic heterocycles. The van der Waals surface area contributed by atoms with Crippen molar-refractivity contribution in [3.8, 4) is 0 Å². The molecule has 0 saturated heterocycles. The van der Waals surface area contributed by atoms with E-state index in [4.69, 9.17) is 4.74 Å². The van der Waals surface area contributed by atoms with Crippen LogP contribution in [0.25, 0.3) is 0 Å². The molecule has 2 N–H and O–H groups in total. The summed E-state index contributed by atoms with van der Waals surface area (Å²) in [7, 11) is 3.46. The van der Waals surface area contributed by atoms with Crippen molar-refractivity contribution in [3.63, 3.8) is 0 Å². The highest BCUT2D eigenvalue weighted by Gasteiger charge is 1.97. The fourth-order valence-corrected chi connectivity index (χ4v) is 1.23. The van der Waals surface area contributed by atoms with Gasteiger partial charge < -0.3 is 20.1 Å². The summed E-state index contributed by atoms with van der Waals surface area (Å²) in [5.74, 6) is -0.0971. The number of carbonyl (C=O) groups excluding carboxylic acids is 1. The van der Waals surface area contributed by atoms with E-state index in [0.29, 0.717) is 13.2 Å². The summed E-state index contributed by atoms with van der Waals surface area (Å²) in [4.78, 5) is 11.0. The lowest BCUT2D eigenvalue weighted by atomic mass is 10.2. The predicted octanol–water partition coefficient (Wildman–Crippen LogP) is 3.23. The van der Waals surface area contributed by atoms with Gasteiger partial charge in [0.15, 0.2) is 0 Å². The second kappa shape index (κ2) is 37.0. The topological polar surface area (TPSA) is 59.6 Å². The predicted molar refractivity (Wildman–Crippen MR) is 97.5 cm³/mol. The number of amides is 1. The molecule has 0 saturated carbocycles. The zero-order valence-corrected chi connectivity index (χ0v) is 16.4. The molecule has 0 bridgehead atoms. The highest BCUT2D eigenvalue weighted by molar-refractivity contribution is 5.77. The molecule has 0 spiro atoms. The van der Waals surface area contributed by atoms with Crippen LogP contribution in [0.1, 0.15) is 60.8 Å². The van der Waals surface area contributed by atoms with E-state index in [1.165, 1.54) is 20.0 Å². The monoisotopic (exact) mass is 322 g/mol. The third-order valence-electron chi connectivity index (χ3n) is 2.06. The highest BCUT2D eigenvalue weighted by atomic mass is 16.5. The highest BCUT2D eigenvalue weighted by Crippen LogP contribution is 1.93. The Labute approximate surface area is 139 Å². The molecule has 0 aromatic heterocycles. The van der Waals surface area contributed by atoms with Crippen molar-refractivity contribution in [1.29, 1.82) is 0 Å². The van der Waals surface area contributed by atoms with Crippen LogP contribution in [-0.4, -0.2) is 53.0 Å². The van der Waals surface area contributed by atoms with Crippen LogP contribution in [0, 0.1) is 0 Å². The van der Waals surface area contributed by atoms with E-state index in [2.05, 4.69) is 15.4 Å². The summed E-state index contributed by atoms with van der Waals surface area (Å²) in [6.45, 7) is 15.1. The van der Waals surface area contributed by atoms with Crippen molar-refractivity contribution in [3.05, 3.63) is 0 Å². The molecule has 0 atom stereocenters. The van der Waals surface area contributed by atoms with Gasteiger partial charge in [-0.1, -0.05) is 41.5 Å². The molecule has 0 radical (unpaired) electrons. The average Bonchev–Trinajstić information content (AvgIpc) is 2.59. The first-order chi connectivity index (χ1) is 10.8. The lowest BCUT2D eigenvalue weighted by Crippen LogP contribution is -2.30. The first-order valence-corrected chi connectivity index (χ1v) is 8.79. The Kier molecular flexibility index (Phi) is 49.4. The normalized spacial score (nSPS) is 8.36. The van der Waals surface area contributed by atoms with Gasteiger partial charge in [-0.25, -0.2) is 0 Å². The van der Waals surface area contributed by atoms with Gasteiger partial charge in [0.1, 0.15) is 6.61 Å². The van der Waals surface area contributed by atoms with Gasteiger partial charge >= 0.3 is 0 Å². The van der Waals surface area contributed by atoms with Crippen LogP contribution in [0.2, 0.25) is 0 Å². The summed E-state index contributed by atoms with van der Waals surface area (Å²) in [6.07, 6.45) is 3.44. The number of unbranched alkanes of at least 4 members (excludes halogenated alkanes) is 2. The average molecular weight is 323 g/mol.